The number of piperazine rings is 1. The Labute approximate surface area is 183 Å². The van der Waals surface area contributed by atoms with Gasteiger partial charge in [-0.1, -0.05) is 30.3 Å². The molecule has 0 atom stereocenters. The molecule has 2 amide bonds. The van der Waals surface area contributed by atoms with E-state index in [9.17, 15) is 18.4 Å². The van der Waals surface area contributed by atoms with Gasteiger partial charge in [0.2, 0.25) is 0 Å². The summed E-state index contributed by atoms with van der Waals surface area (Å²) in [7, 11) is 0. The molecule has 0 radical (unpaired) electrons. The third-order valence-corrected chi connectivity index (χ3v) is 5.29. The van der Waals surface area contributed by atoms with Gasteiger partial charge < -0.3 is 14.5 Å². The van der Waals surface area contributed by atoms with Crippen LogP contribution in [0.2, 0.25) is 0 Å². The van der Waals surface area contributed by atoms with Crippen LogP contribution in [0.3, 0.4) is 0 Å². The number of ether oxygens (including phenoxy) is 1. The summed E-state index contributed by atoms with van der Waals surface area (Å²) in [4.78, 5) is 29.0. The maximum absolute atomic E-state index is 13.0. The van der Waals surface area contributed by atoms with Crippen molar-refractivity contribution in [1.29, 1.82) is 0 Å². The molecule has 4 rings (SSSR count). The van der Waals surface area contributed by atoms with Crippen LogP contribution in [0.1, 0.15) is 26.5 Å². The summed E-state index contributed by atoms with van der Waals surface area (Å²) in [5.74, 6) is -0.776. The van der Waals surface area contributed by atoms with Gasteiger partial charge in [0.1, 0.15) is 5.75 Å². The average Bonchev–Trinajstić information content (AvgIpc) is 3.20. The van der Waals surface area contributed by atoms with Gasteiger partial charge >= 0.3 is 6.61 Å². The number of aromatic nitrogens is 2. The van der Waals surface area contributed by atoms with Crippen molar-refractivity contribution in [3.8, 4) is 11.4 Å². The molecule has 7 nitrogen and oxygen atoms in total. The largest absolute Gasteiger partial charge is 0.434 e. The lowest BCUT2D eigenvalue weighted by molar-refractivity contribution is -0.0503. The number of alkyl halides is 2. The van der Waals surface area contributed by atoms with Gasteiger partial charge in [0.05, 0.1) is 11.3 Å². The number of nitrogens with zero attached hydrogens (tertiary/aromatic N) is 4. The topological polar surface area (TPSA) is 67.7 Å². The monoisotopic (exact) mass is 440 g/mol. The van der Waals surface area contributed by atoms with Crippen molar-refractivity contribution in [3.05, 3.63) is 77.6 Å². The van der Waals surface area contributed by atoms with Gasteiger partial charge in [0, 0.05) is 31.9 Å². The summed E-state index contributed by atoms with van der Waals surface area (Å²) in [6.45, 7) is 0.0708. The lowest BCUT2D eigenvalue weighted by Gasteiger charge is -2.34. The SMILES string of the molecule is Cc1cc(C(=O)N2CCN(C(=O)c3ccccc3OC(F)F)CC2)nn1-c1ccccc1. The van der Waals surface area contributed by atoms with Crippen molar-refractivity contribution < 1.29 is 23.1 Å². The Bertz CT molecular complexity index is 1110. The first-order chi connectivity index (χ1) is 15.4. The number of hydrogen-bond acceptors (Lipinski definition) is 4. The Morgan fingerprint density at radius 3 is 2.16 bits per heavy atom. The number of aryl methyl sites for hydroxylation is 1. The van der Waals surface area contributed by atoms with Gasteiger partial charge in [-0.3, -0.25) is 9.59 Å². The Hall–Kier alpha value is -3.75. The fourth-order valence-corrected chi connectivity index (χ4v) is 3.70. The van der Waals surface area contributed by atoms with Crippen LogP contribution in [-0.2, 0) is 0 Å². The van der Waals surface area contributed by atoms with E-state index >= 15 is 0 Å². The molecule has 1 aliphatic rings. The van der Waals surface area contributed by atoms with Crippen molar-refractivity contribution in [2.45, 2.75) is 13.5 Å². The van der Waals surface area contributed by atoms with Gasteiger partial charge in [-0.05, 0) is 37.3 Å². The van der Waals surface area contributed by atoms with Crippen molar-refractivity contribution in [1.82, 2.24) is 19.6 Å². The molecule has 3 aromatic rings. The zero-order valence-electron chi connectivity index (χ0n) is 17.4. The molecule has 1 aliphatic heterocycles. The van der Waals surface area contributed by atoms with Gasteiger partial charge in [0.15, 0.2) is 5.69 Å². The van der Waals surface area contributed by atoms with E-state index < -0.39 is 12.5 Å². The van der Waals surface area contributed by atoms with E-state index in [1.54, 1.807) is 21.7 Å². The molecular formula is C23H22F2N4O3. The van der Waals surface area contributed by atoms with Crippen molar-refractivity contribution in [3.63, 3.8) is 0 Å². The lowest BCUT2D eigenvalue weighted by atomic mass is 10.1. The predicted octanol–water partition coefficient (Wildman–Crippen LogP) is 3.38. The summed E-state index contributed by atoms with van der Waals surface area (Å²) < 4.78 is 31.5. The Balaban J connectivity index is 1.42. The van der Waals surface area contributed by atoms with Crippen LogP contribution in [0.15, 0.2) is 60.7 Å². The van der Waals surface area contributed by atoms with Crippen LogP contribution in [-0.4, -0.2) is 64.2 Å². The Morgan fingerprint density at radius 2 is 1.50 bits per heavy atom. The molecule has 166 valence electrons. The van der Waals surface area contributed by atoms with Crippen molar-refractivity contribution in [2.24, 2.45) is 0 Å². The smallest absolute Gasteiger partial charge is 0.387 e. The Kier molecular flexibility index (Phi) is 6.16. The highest BCUT2D eigenvalue weighted by molar-refractivity contribution is 5.97. The number of hydrogen-bond donors (Lipinski definition) is 0. The van der Waals surface area contributed by atoms with Crippen LogP contribution in [0.25, 0.3) is 5.69 Å². The second kappa shape index (κ2) is 9.17. The zero-order valence-corrected chi connectivity index (χ0v) is 17.4. The molecule has 0 unspecified atom stereocenters. The summed E-state index contributed by atoms with van der Waals surface area (Å²) in [5.41, 5.74) is 2.11. The molecule has 1 aromatic heterocycles. The Morgan fingerprint density at radius 1 is 0.906 bits per heavy atom. The molecule has 1 fully saturated rings. The second-order valence-electron chi connectivity index (χ2n) is 7.38. The molecule has 2 aromatic carbocycles. The number of carbonyl (C=O) groups excluding carboxylic acids is 2. The minimum Gasteiger partial charge on any atom is -0.434 e. The standard InChI is InChI=1S/C23H22F2N4O3/c1-16-15-19(26-29(16)17-7-3-2-4-8-17)22(31)28-13-11-27(12-14-28)21(30)18-9-5-6-10-20(18)32-23(24)25/h2-10,15,23H,11-14H2,1H3. The van der Waals surface area contributed by atoms with E-state index in [2.05, 4.69) is 9.84 Å². The van der Waals surface area contributed by atoms with E-state index in [4.69, 9.17) is 0 Å². The molecule has 1 saturated heterocycles. The quantitative estimate of drug-likeness (QED) is 0.610. The van der Waals surface area contributed by atoms with Crippen LogP contribution in [0.4, 0.5) is 8.78 Å². The summed E-state index contributed by atoms with van der Waals surface area (Å²) in [6.07, 6.45) is 0. The molecular weight excluding hydrogens is 418 g/mol. The van der Waals surface area contributed by atoms with Gasteiger partial charge in [-0.2, -0.15) is 13.9 Å². The van der Waals surface area contributed by atoms with Crippen molar-refractivity contribution in [2.75, 3.05) is 26.2 Å². The normalized spacial score (nSPS) is 14.0. The molecule has 0 N–H and O–H groups in total. The van der Waals surface area contributed by atoms with Crippen LogP contribution in [0.5, 0.6) is 5.75 Å². The van der Waals surface area contributed by atoms with E-state index in [1.165, 1.54) is 23.1 Å². The number of para-hydroxylation sites is 2. The van der Waals surface area contributed by atoms with Gasteiger partial charge in [-0.15, -0.1) is 0 Å². The molecule has 0 aliphatic carbocycles. The van der Waals surface area contributed by atoms with Crippen LogP contribution in [0, 0.1) is 6.92 Å². The zero-order chi connectivity index (χ0) is 22.7. The van der Waals surface area contributed by atoms with E-state index in [0.29, 0.717) is 18.8 Å². The maximum atomic E-state index is 13.0. The van der Waals surface area contributed by atoms with Gasteiger partial charge in [-0.25, -0.2) is 4.68 Å². The van der Waals surface area contributed by atoms with E-state index in [0.717, 1.165) is 11.4 Å². The van der Waals surface area contributed by atoms with Crippen molar-refractivity contribution >= 4 is 11.8 Å². The molecule has 0 spiro atoms. The molecule has 0 bridgehead atoms. The van der Waals surface area contributed by atoms with Gasteiger partial charge in [0.25, 0.3) is 11.8 Å². The highest BCUT2D eigenvalue weighted by Crippen LogP contribution is 2.23. The first-order valence-corrected chi connectivity index (χ1v) is 10.2. The highest BCUT2D eigenvalue weighted by atomic mass is 19.3. The van der Waals surface area contributed by atoms with Crippen LogP contribution >= 0.6 is 0 Å². The second-order valence-corrected chi connectivity index (χ2v) is 7.38. The molecule has 32 heavy (non-hydrogen) atoms. The lowest BCUT2D eigenvalue weighted by Crippen LogP contribution is -2.50. The minimum absolute atomic E-state index is 0.0739. The molecule has 2 heterocycles. The highest BCUT2D eigenvalue weighted by Gasteiger charge is 2.28. The molecule has 0 saturated carbocycles. The fraction of sp³-hybridized carbons (Fsp3) is 0.261. The number of amides is 2. The first-order valence-electron chi connectivity index (χ1n) is 10.2. The third kappa shape index (κ3) is 4.46. The maximum Gasteiger partial charge on any atom is 0.387 e. The third-order valence-electron chi connectivity index (χ3n) is 5.29. The molecule has 9 heteroatoms. The first kappa shape index (κ1) is 21.5. The summed E-state index contributed by atoms with van der Waals surface area (Å²) in [6, 6.07) is 17.2. The van der Waals surface area contributed by atoms with Crippen LogP contribution < -0.4 is 4.74 Å². The fourth-order valence-electron chi connectivity index (χ4n) is 3.70. The number of halogens is 2. The summed E-state index contributed by atoms with van der Waals surface area (Å²) >= 11 is 0. The average molecular weight is 440 g/mol. The number of rotatable bonds is 5. The number of benzene rings is 2. The predicted molar refractivity (Wildman–Crippen MR) is 113 cm³/mol. The summed E-state index contributed by atoms with van der Waals surface area (Å²) in [5, 5.41) is 4.45. The number of carbonyl (C=O) groups is 2. The minimum atomic E-state index is -3.02. The van der Waals surface area contributed by atoms with E-state index in [1.807, 2.05) is 37.3 Å². The van der Waals surface area contributed by atoms with E-state index in [-0.39, 0.29) is 30.3 Å².